The van der Waals surface area contributed by atoms with Crippen molar-refractivity contribution in [1.82, 2.24) is 15.2 Å². The van der Waals surface area contributed by atoms with E-state index in [4.69, 9.17) is 26.1 Å². The Morgan fingerprint density at radius 3 is 2.86 bits per heavy atom. The van der Waals surface area contributed by atoms with Crippen LogP contribution in [0.15, 0.2) is 58.9 Å². The molecule has 2 aliphatic rings. The number of esters is 1. The van der Waals surface area contributed by atoms with Crippen molar-refractivity contribution in [3.8, 4) is 0 Å². The molecule has 1 aromatic carbocycles. The van der Waals surface area contributed by atoms with E-state index in [2.05, 4.69) is 10.3 Å². The van der Waals surface area contributed by atoms with Gasteiger partial charge in [0.15, 0.2) is 5.84 Å². The zero-order valence-corrected chi connectivity index (χ0v) is 19.7. The molecular weight excluding hydrogens is 479 g/mol. The van der Waals surface area contributed by atoms with Crippen molar-refractivity contribution in [2.75, 3.05) is 32.9 Å². The maximum atomic E-state index is 13.8. The molecule has 2 N–H and O–H groups in total. The molecule has 3 heterocycles. The van der Waals surface area contributed by atoms with E-state index in [1.54, 1.807) is 36.2 Å². The van der Waals surface area contributed by atoms with Gasteiger partial charge >= 0.3 is 11.9 Å². The molecule has 0 aliphatic carbocycles. The largest absolute Gasteiger partial charge is 0.480 e. The normalized spacial score (nSPS) is 20.7. The maximum absolute atomic E-state index is 13.8. The van der Waals surface area contributed by atoms with Gasteiger partial charge in [-0.2, -0.15) is 0 Å². The lowest BCUT2D eigenvalue weighted by Gasteiger charge is -2.35. The van der Waals surface area contributed by atoms with Crippen LogP contribution in [0.25, 0.3) is 0 Å². The van der Waals surface area contributed by atoms with E-state index < -0.39 is 29.8 Å². The van der Waals surface area contributed by atoms with Gasteiger partial charge in [-0.1, -0.05) is 23.7 Å². The Morgan fingerprint density at radius 1 is 1.34 bits per heavy atom. The Bertz CT molecular complexity index is 1170. The molecule has 9 nitrogen and oxygen atoms in total. The SMILES string of the molecule is CCOC(=O)C1=C(CN2CCOCC2C(=O)O)NC(c2ccccn2)=NC1c1ccc(F)cc1Cl. The highest BCUT2D eigenvalue weighted by atomic mass is 35.5. The third-order valence-corrected chi connectivity index (χ3v) is 6.00. The number of rotatable bonds is 7. The molecular formula is C24H24ClFN4O5. The number of aliphatic carboxylic acids is 1. The van der Waals surface area contributed by atoms with Gasteiger partial charge in [0, 0.05) is 35.6 Å². The van der Waals surface area contributed by atoms with Crippen molar-refractivity contribution in [3.63, 3.8) is 0 Å². The second-order valence-electron chi connectivity index (χ2n) is 7.90. The van der Waals surface area contributed by atoms with Crippen LogP contribution in [-0.2, 0) is 19.1 Å². The molecule has 0 radical (unpaired) electrons. The van der Waals surface area contributed by atoms with Crippen molar-refractivity contribution in [2.45, 2.75) is 19.0 Å². The lowest BCUT2D eigenvalue weighted by molar-refractivity contribution is -0.149. The van der Waals surface area contributed by atoms with E-state index in [1.165, 1.54) is 12.1 Å². The smallest absolute Gasteiger partial charge is 0.338 e. The number of nitrogens with one attached hydrogen (secondary N) is 1. The topological polar surface area (TPSA) is 113 Å². The number of aromatic nitrogens is 1. The van der Waals surface area contributed by atoms with Crippen molar-refractivity contribution in [1.29, 1.82) is 0 Å². The van der Waals surface area contributed by atoms with Gasteiger partial charge in [0.1, 0.15) is 23.6 Å². The maximum Gasteiger partial charge on any atom is 0.338 e. The molecule has 1 saturated heterocycles. The van der Waals surface area contributed by atoms with Crippen LogP contribution < -0.4 is 5.32 Å². The number of hydrogen-bond acceptors (Lipinski definition) is 8. The Hall–Kier alpha value is -3.34. The van der Waals surface area contributed by atoms with Crippen LogP contribution in [-0.4, -0.2) is 71.7 Å². The first-order valence-electron chi connectivity index (χ1n) is 11.0. The van der Waals surface area contributed by atoms with Crippen LogP contribution in [0.4, 0.5) is 4.39 Å². The number of ether oxygens (including phenoxy) is 2. The summed E-state index contributed by atoms with van der Waals surface area (Å²) < 4.78 is 24.5. The summed E-state index contributed by atoms with van der Waals surface area (Å²) in [6.45, 7) is 2.59. The molecule has 4 rings (SSSR count). The number of carboxylic acids is 1. The highest BCUT2D eigenvalue weighted by Crippen LogP contribution is 2.36. The number of morpholine rings is 1. The minimum atomic E-state index is -1.03. The second kappa shape index (κ2) is 10.9. The molecule has 2 aromatic rings. The summed E-state index contributed by atoms with van der Waals surface area (Å²) in [6.07, 6.45) is 1.60. The van der Waals surface area contributed by atoms with E-state index in [9.17, 15) is 19.1 Å². The standard InChI is InChI=1S/C24H24ClFN4O5/c1-2-35-24(33)20-18(12-30-9-10-34-13-19(30)23(31)32)28-22(17-5-3-4-8-27-17)29-21(20)15-7-6-14(26)11-16(15)25/h3-8,11,19,21H,2,9-10,12-13H2,1H3,(H,28,29)(H,31,32). The van der Waals surface area contributed by atoms with Gasteiger partial charge in [-0.05, 0) is 31.2 Å². The number of aliphatic imine (C=N–C) groups is 1. The fourth-order valence-corrected chi connectivity index (χ4v) is 4.28. The van der Waals surface area contributed by atoms with E-state index in [0.717, 1.165) is 6.07 Å². The van der Waals surface area contributed by atoms with Gasteiger partial charge in [-0.25, -0.2) is 9.18 Å². The van der Waals surface area contributed by atoms with Crippen LogP contribution in [0.5, 0.6) is 0 Å². The van der Waals surface area contributed by atoms with E-state index in [1.807, 2.05) is 0 Å². The number of pyridine rings is 1. The number of carbonyl (C=O) groups is 2. The van der Waals surface area contributed by atoms with Gasteiger partial charge in [0.05, 0.1) is 25.4 Å². The Kier molecular flexibility index (Phi) is 7.74. The highest BCUT2D eigenvalue weighted by Gasteiger charge is 2.37. The van der Waals surface area contributed by atoms with Gasteiger partial charge in [0.2, 0.25) is 0 Å². The van der Waals surface area contributed by atoms with Crippen LogP contribution in [0.1, 0.15) is 24.2 Å². The van der Waals surface area contributed by atoms with E-state index >= 15 is 0 Å². The molecule has 0 saturated carbocycles. The highest BCUT2D eigenvalue weighted by molar-refractivity contribution is 6.31. The lowest BCUT2D eigenvalue weighted by atomic mass is 9.94. The first-order chi connectivity index (χ1) is 16.9. The molecule has 2 aliphatic heterocycles. The molecule has 0 bridgehead atoms. The minimum absolute atomic E-state index is 0.0196. The fourth-order valence-electron chi connectivity index (χ4n) is 4.01. The third-order valence-electron chi connectivity index (χ3n) is 5.67. The number of halogens is 2. The second-order valence-corrected chi connectivity index (χ2v) is 8.31. The van der Waals surface area contributed by atoms with Crippen molar-refractivity contribution < 1.29 is 28.6 Å². The molecule has 2 atom stereocenters. The average Bonchev–Trinajstić information content (AvgIpc) is 2.84. The van der Waals surface area contributed by atoms with Crippen molar-refractivity contribution in [3.05, 3.63) is 76.0 Å². The molecule has 1 fully saturated rings. The molecule has 1 aromatic heterocycles. The van der Waals surface area contributed by atoms with Crippen LogP contribution in [0.3, 0.4) is 0 Å². The third kappa shape index (κ3) is 5.50. The summed E-state index contributed by atoms with van der Waals surface area (Å²) in [7, 11) is 0. The first kappa shape index (κ1) is 24.8. The number of benzene rings is 1. The summed E-state index contributed by atoms with van der Waals surface area (Å²) in [5.41, 5.74) is 1.47. The predicted octanol–water partition coefficient (Wildman–Crippen LogP) is 2.57. The Morgan fingerprint density at radius 2 is 2.17 bits per heavy atom. The molecule has 0 spiro atoms. The number of carboxylic acid groups (broad SMARTS) is 1. The van der Waals surface area contributed by atoms with Crippen molar-refractivity contribution in [2.24, 2.45) is 4.99 Å². The van der Waals surface area contributed by atoms with Crippen LogP contribution >= 0.6 is 11.6 Å². The molecule has 2 unspecified atom stereocenters. The summed E-state index contributed by atoms with van der Waals surface area (Å²) in [6, 6.07) is 7.33. The summed E-state index contributed by atoms with van der Waals surface area (Å²) in [5, 5.41) is 12.9. The molecule has 35 heavy (non-hydrogen) atoms. The van der Waals surface area contributed by atoms with Gasteiger partial charge in [-0.15, -0.1) is 0 Å². The average molecular weight is 503 g/mol. The molecule has 11 heteroatoms. The quantitative estimate of drug-likeness (QED) is 0.555. The lowest BCUT2D eigenvalue weighted by Crippen LogP contribution is -2.52. The monoisotopic (exact) mass is 502 g/mol. The number of amidine groups is 1. The summed E-state index contributed by atoms with van der Waals surface area (Å²) in [4.78, 5) is 35.8. The van der Waals surface area contributed by atoms with Crippen LogP contribution in [0.2, 0.25) is 5.02 Å². The zero-order chi connectivity index (χ0) is 24.9. The van der Waals surface area contributed by atoms with Crippen molar-refractivity contribution >= 4 is 29.4 Å². The van der Waals surface area contributed by atoms with E-state index in [0.29, 0.717) is 35.9 Å². The van der Waals surface area contributed by atoms with Gasteiger partial charge in [-0.3, -0.25) is 19.7 Å². The molecule has 0 amide bonds. The van der Waals surface area contributed by atoms with Crippen LogP contribution in [0, 0.1) is 5.82 Å². The number of nitrogens with zero attached hydrogens (tertiary/aromatic N) is 3. The molecule has 184 valence electrons. The zero-order valence-electron chi connectivity index (χ0n) is 18.9. The number of hydrogen-bond donors (Lipinski definition) is 2. The first-order valence-corrected chi connectivity index (χ1v) is 11.4. The fraction of sp³-hybridized carbons (Fsp3) is 0.333. The van der Waals surface area contributed by atoms with Gasteiger partial charge < -0.3 is 19.9 Å². The number of carbonyl (C=O) groups excluding carboxylic acids is 1. The summed E-state index contributed by atoms with van der Waals surface area (Å²) >= 11 is 6.38. The summed E-state index contributed by atoms with van der Waals surface area (Å²) in [5.74, 6) is -1.83. The van der Waals surface area contributed by atoms with E-state index in [-0.39, 0.29) is 30.4 Å². The Labute approximate surface area is 206 Å². The van der Waals surface area contributed by atoms with Gasteiger partial charge in [0.25, 0.3) is 0 Å². The minimum Gasteiger partial charge on any atom is -0.480 e. The predicted molar refractivity (Wildman–Crippen MR) is 126 cm³/mol. The Balaban J connectivity index is 1.85.